The van der Waals surface area contributed by atoms with Crippen molar-refractivity contribution in [2.24, 2.45) is 0 Å². The third-order valence-corrected chi connectivity index (χ3v) is 3.98. The number of amides is 3. The molecule has 1 heterocycles. The van der Waals surface area contributed by atoms with Gasteiger partial charge in [-0.2, -0.15) is 0 Å². The van der Waals surface area contributed by atoms with Crippen molar-refractivity contribution < 1.29 is 14.4 Å². The highest BCUT2D eigenvalue weighted by atomic mass is 35.5. The lowest BCUT2D eigenvalue weighted by Gasteiger charge is -2.32. The van der Waals surface area contributed by atoms with E-state index >= 15 is 0 Å². The van der Waals surface area contributed by atoms with Crippen LogP contribution < -0.4 is 5.32 Å². The SMILES string of the molecule is CCN1CCN(CC(=O)Nc2ccc(C)c(Cl)c2)C(=O)C1=O. The molecule has 2 rings (SSSR count). The Morgan fingerprint density at radius 3 is 2.50 bits per heavy atom. The van der Waals surface area contributed by atoms with Gasteiger partial charge in [-0.25, -0.2) is 0 Å². The van der Waals surface area contributed by atoms with Crippen LogP contribution in [0.3, 0.4) is 0 Å². The Morgan fingerprint density at radius 2 is 1.86 bits per heavy atom. The van der Waals surface area contributed by atoms with Gasteiger partial charge in [-0.1, -0.05) is 17.7 Å². The van der Waals surface area contributed by atoms with Crippen LogP contribution in [0.2, 0.25) is 5.02 Å². The molecular weight excluding hydrogens is 306 g/mol. The number of aryl methyl sites for hydroxylation is 1. The van der Waals surface area contributed by atoms with E-state index in [9.17, 15) is 14.4 Å². The standard InChI is InChI=1S/C15H18ClN3O3/c1-3-18-6-7-19(15(22)14(18)21)9-13(20)17-11-5-4-10(2)12(16)8-11/h4-5,8H,3,6-7,9H2,1-2H3,(H,17,20). The minimum atomic E-state index is -0.634. The molecule has 1 aliphatic rings. The van der Waals surface area contributed by atoms with Gasteiger partial charge in [-0.3, -0.25) is 14.4 Å². The van der Waals surface area contributed by atoms with E-state index < -0.39 is 11.8 Å². The summed E-state index contributed by atoms with van der Waals surface area (Å²) in [5.74, 6) is -1.55. The molecule has 1 aliphatic heterocycles. The number of carbonyl (C=O) groups is 3. The van der Waals surface area contributed by atoms with Gasteiger partial charge in [0.2, 0.25) is 5.91 Å². The van der Waals surface area contributed by atoms with E-state index in [0.717, 1.165) is 5.56 Å². The van der Waals surface area contributed by atoms with Gasteiger partial charge >= 0.3 is 11.8 Å². The van der Waals surface area contributed by atoms with Gasteiger partial charge in [-0.05, 0) is 31.5 Å². The number of nitrogens with zero attached hydrogens (tertiary/aromatic N) is 2. The molecule has 118 valence electrons. The summed E-state index contributed by atoms with van der Waals surface area (Å²) < 4.78 is 0. The van der Waals surface area contributed by atoms with Crippen molar-refractivity contribution in [2.45, 2.75) is 13.8 Å². The summed E-state index contributed by atoms with van der Waals surface area (Å²) in [4.78, 5) is 38.4. The van der Waals surface area contributed by atoms with Gasteiger partial charge in [0.1, 0.15) is 6.54 Å². The van der Waals surface area contributed by atoms with Gasteiger partial charge in [-0.15, -0.1) is 0 Å². The van der Waals surface area contributed by atoms with E-state index in [-0.39, 0.29) is 12.5 Å². The summed E-state index contributed by atoms with van der Waals surface area (Å²) in [6.07, 6.45) is 0. The second-order valence-electron chi connectivity index (χ2n) is 5.12. The maximum absolute atomic E-state index is 12.0. The average Bonchev–Trinajstić information content (AvgIpc) is 2.48. The molecule has 0 unspecified atom stereocenters. The van der Waals surface area contributed by atoms with E-state index in [1.165, 1.54) is 9.80 Å². The molecule has 3 amide bonds. The fourth-order valence-corrected chi connectivity index (χ4v) is 2.39. The molecule has 22 heavy (non-hydrogen) atoms. The van der Waals surface area contributed by atoms with Crippen molar-refractivity contribution in [1.82, 2.24) is 9.80 Å². The molecular formula is C15H18ClN3O3. The largest absolute Gasteiger partial charge is 0.333 e. The number of benzene rings is 1. The van der Waals surface area contributed by atoms with Crippen LogP contribution >= 0.6 is 11.6 Å². The smallest absolute Gasteiger partial charge is 0.312 e. The lowest BCUT2D eigenvalue weighted by molar-refractivity contribution is -0.156. The number of piperazine rings is 1. The Balaban J connectivity index is 1.96. The van der Waals surface area contributed by atoms with Gasteiger partial charge < -0.3 is 15.1 Å². The first-order valence-corrected chi connectivity index (χ1v) is 7.44. The highest BCUT2D eigenvalue weighted by Crippen LogP contribution is 2.20. The van der Waals surface area contributed by atoms with Gasteiger partial charge in [0.15, 0.2) is 0 Å². The maximum atomic E-state index is 12.0. The molecule has 1 fully saturated rings. The lowest BCUT2D eigenvalue weighted by atomic mass is 10.2. The summed E-state index contributed by atoms with van der Waals surface area (Å²) in [7, 11) is 0. The fraction of sp³-hybridized carbons (Fsp3) is 0.400. The highest BCUT2D eigenvalue weighted by molar-refractivity contribution is 6.35. The van der Waals surface area contributed by atoms with Crippen LogP contribution in [-0.2, 0) is 14.4 Å². The molecule has 7 heteroatoms. The Kier molecular flexibility index (Phi) is 5.03. The zero-order valence-corrected chi connectivity index (χ0v) is 13.3. The predicted molar refractivity (Wildman–Crippen MR) is 83.7 cm³/mol. The molecule has 1 aromatic rings. The van der Waals surface area contributed by atoms with E-state index in [1.807, 2.05) is 13.8 Å². The molecule has 1 saturated heterocycles. The molecule has 0 saturated carbocycles. The number of hydrogen-bond acceptors (Lipinski definition) is 3. The molecule has 0 aliphatic carbocycles. The molecule has 1 N–H and O–H groups in total. The van der Waals surface area contributed by atoms with E-state index in [4.69, 9.17) is 11.6 Å². The van der Waals surface area contributed by atoms with Crippen LogP contribution in [0.15, 0.2) is 18.2 Å². The van der Waals surface area contributed by atoms with Crippen LogP contribution in [0.5, 0.6) is 0 Å². The molecule has 0 radical (unpaired) electrons. The Labute approximate surface area is 134 Å². The number of rotatable bonds is 4. The van der Waals surface area contributed by atoms with E-state index in [1.54, 1.807) is 18.2 Å². The second-order valence-corrected chi connectivity index (χ2v) is 5.53. The minimum Gasteiger partial charge on any atom is -0.333 e. The van der Waals surface area contributed by atoms with Crippen molar-refractivity contribution in [2.75, 3.05) is 31.5 Å². The quantitative estimate of drug-likeness (QED) is 0.849. The molecule has 0 atom stereocenters. The van der Waals surface area contributed by atoms with Crippen LogP contribution in [-0.4, -0.2) is 53.7 Å². The van der Waals surface area contributed by atoms with Crippen LogP contribution in [0.4, 0.5) is 5.69 Å². The third kappa shape index (κ3) is 3.57. The first-order chi connectivity index (χ1) is 10.4. The Morgan fingerprint density at radius 1 is 1.23 bits per heavy atom. The number of halogens is 1. The number of hydrogen-bond donors (Lipinski definition) is 1. The molecule has 6 nitrogen and oxygen atoms in total. The summed E-state index contributed by atoms with van der Waals surface area (Å²) >= 11 is 6.00. The number of likely N-dealkylation sites (N-methyl/N-ethyl adjacent to an activating group) is 1. The third-order valence-electron chi connectivity index (χ3n) is 3.57. The van der Waals surface area contributed by atoms with Crippen LogP contribution in [0.1, 0.15) is 12.5 Å². The molecule has 0 spiro atoms. The number of nitrogens with one attached hydrogen (secondary N) is 1. The first-order valence-electron chi connectivity index (χ1n) is 7.06. The van der Waals surface area contributed by atoms with Crippen LogP contribution in [0.25, 0.3) is 0 Å². The topological polar surface area (TPSA) is 69.7 Å². The summed E-state index contributed by atoms with van der Waals surface area (Å²) in [5.41, 5.74) is 1.47. The zero-order chi connectivity index (χ0) is 16.3. The molecule has 0 bridgehead atoms. The zero-order valence-electron chi connectivity index (χ0n) is 12.6. The van der Waals surface area contributed by atoms with E-state index in [0.29, 0.717) is 30.3 Å². The minimum absolute atomic E-state index is 0.145. The summed E-state index contributed by atoms with van der Waals surface area (Å²) in [6.45, 7) is 4.84. The lowest BCUT2D eigenvalue weighted by Crippen LogP contribution is -2.55. The van der Waals surface area contributed by atoms with Crippen LogP contribution in [0, 0.1) is 6.92 Å². The molecule has 1 aromatic carbocycles. The fourth-order valence-electron chi connectivity index (χ4n) is 2.21. The normalized spacial score (nSPS) is 15.2. The second kappa shape index (κ2) is 6.79. The van der Waals surface area contributed by atoms with Crippen molar-refractivity contribution in [3.63, 3.8) is 0 Å². The number of anilines is 1. The van der Waals surface area contributed by atoms with Gasteiger partial charge in [0.25, 0.3) is 0 Å². The van der Waals surface area contributed by atoms with Crippen molar-refractivity contribution >= 4 is 35.0 Å². The molecule has 0 aromatic heterocycles. The first kappa shape index (κ1) is 16.3. The summed E-state index contributed by atoms with van der Waals surface area (Å²) in [5, 5.41) is 3.23. The van der Waals surface area contributed by atoms with E-state index in [2.05, 4.69) is 5.32 Å². The van der Waals surface area contributed by atoms with Gasteiger partial charge in [0.05, 0.1) is 0 Å². The number of carbonyl (C=O) groups excluding carboxylic acids is 3. The maximum Gasteiger partial charge on any atom is 0.312 e. The summed E-state index contributed by atoms with van der Waals surface area (Å²) in [6, 6.07) is 5.19. The van der Waals surface area contributed by atoms with Crippen molar-refractivity contribution in [1.29, 1.82) is 0 Å². The monoisotopic (exact) mass is 323 g/mol. The van der Waals surface area contributed by atoms with Crippen molar-refractivity contribution in [3.8, 4) is 0 Å². The van der Waals surface area contributed by atoms with Gasteiger partial charge in [0, 0.05) is 30.3 Å². The van der Waals surface area contributed by atoms with Crippen molar-refractivity contribution in [3.05, 3.63) is 28.8 Å². The highest BCUT2D eigenvalue weighted by Gasteiger charge is 2.32. The predicted octanol–water partition coefficient (Wildman–Crippen LogP) is 1.28. The Hall–Kier alpha value is -2.08. The Bertz CT molecular complexity index is 618. The average molecular weight is 324 g/mol.